The molecule has 0 aliphatic carbocycles. The van der Waals surface area contributed by atoms with E-state index in [1.54, 1.807) is 29.6 Å². The number of nitrogens with zero attached hydrogens (tertiary/aromatic N) is 4. The van der Waals surface area contributed by atoms with Crippen LogP contribution in [-0.2, 0) is 17.8 Å². The Labute approximate surface area is 167 Å². The zero-order valence-electron chi connectivity index (χ0n) is 15.2. The Bertz CT molecular complexity index is 1020. The lowest BCUT2D eigenvalue weighted by Gasteiger charge is -2.11. The normalized spacial score (nSPS) is 10.9. The van der Waals surface area contributed by atoms with E-state index in [9.17, 15) is 18.4 Å². The van der Waals surface area contributed by atoms with Gasteiger partial charge in [0.15, 0.2) is 11.5 Å². The first-order chi connectivity index (χ1) is 14.0. The van der Waals surface area contributed by atoms with E-state index < -0.39 is 18.2 Å². The molecule has 154 valence electrons. The summed E-state index contributed by atoms with van der Waals surface area (Å²) in [5, 5.41) is 12.5. The first kappa shape index (κ1) is 20.5. The van der Waals surface area contributed by atoms with Crippen molar-refractivity contribution in [1.29, 1.82) is 0 Å². The summed E-state index contributed by atoms with van der Waals surface area (Å²) in [5.41, 5.74) is 0.242. The number of nitrogens with one attached hydrogen (secondary N) is 1. The standard InChI is InChI=1S/C17H17F2N5O4S/c1-27-13-9-11(4-5-12(13)28-16(18)19)6-7-20-14(25)10-23-17(26)24(22-21-23)15-3-2-8-29-15/h2-5,8-9,16H,6-7,10H2,1H3,(H,20,25). The van der Waals surface area contributed by atoms with Crippen LogP contribution in [0.25, 0.3) is 5.00 Å². The minimum absolute atomic E-state index is 0.0662. The number of carbonyl (C=O) groups is 1. The molecule has 0 saturated heterocycles. The molecule has 0 radical (unpaired) electrons. The van der Waals surface area contributed by atoms with Crippen molar-refractivity contribution in [1.82, 2.24) is 25.1 Å². The predicted molar refractivity (Wildman–Crippen MR) is 99.8 cm³/mol. The third kappa shape index (κ3) is 5.16. The molecule has 1 aromatic carbocycles. The monoisotopic (exact) mass is 425 g/mol. The smallest absolute Gasteiger partial charge is 0.387 e. The Balaban J connectivity index is 1.53. The second kappa shape index (κ2) is 9.28. The van der Waals surface area contributed by atoms with Crippen LogP contribution >= 0.6 is 11.3 Å². The topological polar surface area (TPSA) is 100 Å². The summed E-state index contributed by atoms with van der Waals surface area (Å²) in [6.07, 6.45) is 0.424. The van der Waals surface area contributed by atoms with E-state index >= 15 is 0 Å². The molecule has 12 heteroatoms. The van der Waals surface area contributed by atoms with Gasteiger partial charge in [0, 0.05) is 6.54 Å². The number of hydrogen-bond donors (Lipinski definition) is 1. The Kier molecular flexibility index (Phi) is 6.54. The van der Waals surface area contributed by atoms with Gasteiger partial charge in [-0.3, -0.25) is 4.79 Å². The highest BCUT2D eigenvalue weighted by Crippen LogP contribution is 2.29. The number of tetrazole rings is 1. The molecule has 0 fully saturated rings. The summed E-state index contributed by atoms with van der Waals surface area (Å²) in [5.74, 6) is -0.302. The Morgan fingerprint density at radius 3 is 2.79 bits per heavy atom. The summed E-state index contributed by atoms with van der Waals surface area (Å²) in [4.78, 5) is 24.3. The number of benzene rings is 1. The van der Waals surface area contributed by atoms with E-state index in [4.69, 9.17) is 4.74 Å². The highest BCUT2D eigenvalue weighted by atomic mass is 32.1. The van der Waals surface area contributed by atoms with Crippen molar-refractivity contribution in [2.24, 2.45) is 0 Å². The van der Waals surface area contributed by atoms with Gasteiger partial charge in [-0.25, -0.2) is 4.79 Å². The zero-order valence-corrected chi connectivity index (χ0v) is 16.1. The molecule has 1 N–H and O–H groups in total. The van der Waals surface area contributed by atoms with Crippen molar-refractivity contribution < 1.29 is 23.0 Å². The molecule has 0 spiro atoms. The average molecular weight is 425 g/mol. The van der Waals surface area contributed by atoms with Crippen molar-refractivity contribution in [3.8, 4) is 16.5 Å². The lowest BCUT2D eigenvalue weighted by atomic mass is 10.1. The molecule has 2 aromatic heterocycles. The maximum Gasteiger partial charge on any atom is 0.387 e. The number of ether oxygens (including phenoxy) is 2. The van der Waals surface area contributed by atoms with Gasteiger partial charge in [-0.1, -0.05) is 6.07 Å². The van der Waals surface area contributed by atoms with Crippen LogP contribution in [0.5, 0.6) is 11.5 Å². The zero-order chi connectivity index (χ0) is 20.8. The van der Waals surface area contributed by atoms with Crippen molar-refractivity contribution in [2.45, 2.75) is 19.6 Å². The third-order valence-corrected chi connectivity index (χ3v) is 4.67. The van der Waals surface area contributed by atoms with Gasteiger partial charge in [0.2, 0.25) is 5.91 Å². The maximum atomic E-state index is 12.4. The van der Waals surface area contributed by atoms with E-state index in [-0.39, 0.29) is 24.6 Å². The molecule has 9 nitrogen and oxygen atoms in total. The Hall–Kier alpha value is -3.28. The fourth-order valence-electron chi connectivity index (χ4n) is 2.50. The summed E-state index contributed by atoms with van der Waals surface area (Å²) < 4.78 is 36.2. The van der Waals surface area contributed by atoms with Crippen molar-refractivity contribution in [2.75, 3.05) is 13.7 Å². The number of halogens is 2. The molecule has 29 heavy (non-hydrogen) atoms. The highest BCUT2D eigenvalue weighted by Gasteiger charge is 2.13. The van der Waals surface area contributed by atoms with Crippen LogP contribution in [0.2, 0.25) is 0 Å². The van der Waals surface area contributed by atoms with Crippen LogP contribution in [0.4, 0.5) is 8.78 Å². The van der Waals surface area contributed by atoms with Crippen LogP contribution in [0.3, 0.4) is 0 Å². The molecule has 1 amide bonds. The second-order valence-electron chi connectivity index (χ2n) is 5.75. The molecule has 0 atom stereocenters. The number of aromatic nitrogens is 4. The average Bonchev–Trinajstić information content (AvgIpc) is 3.33. The van der Waals surface area contributed by atoms with Crippen LogP contribution < -0.4 is 20.5 Å². The van der Waals surface area contributed by atoms with Gasteiger partial charge in [-0.05, 0) is 52.1 Å². The van der Waals surface area contributed by atoms with Gasteiger partial charge >= 0.3 is 12.3 Å². The Morgan fingerprint density at radius 2 is 2.10 bits per heavy atom. The van der Waals surface area contributed by atoms with E-state index in [1.165, 1.54) is 24.5 Å². The molecule has 0 saturated carbocycles. The van der Waals surface area contributed by atoms with Crippen LogP contribution in [0.15, 0.2) is 40.5 Å². The van der Waals surface area contributed by atoms with Gasteiger partial charge in [0.05, 0.1) is 7.11 Å². The number of methoxy groups -OCH3 is 1. The number of thiophene rings is 1. The van der Waals surface area contributed by atoms with Gasteiger partial charge in [0.25, 0.3) is 0 Å². The van der Waals surface area contributed by atoms with Gasteiger partial charge in [-0.15, -0.1) is 11.3 Å². The molecular formula is C17H17F2N5O4S. The van der Waals surface area contributed by atoms with Crippen molar-refractivity contribution >= 4 is 17.2 Å². The second-order valence-corrected chi connectivity index (χ2v) is 6.67. The maximum absolute atomic E-state index is 12.4. The number of alkyl halides is 2. The van der Waals surface area contributed by atoms with Gasteiger partial charge in [-0.2, -0.15) is 18.1 Å². The fraction of sp³-hybridized carbons (Fsp3) is 0.294. The predicted octanol–water partition coefficient (Wildman–Crippen LogP) is 1.46. The largest absolute Gasteiger partial charge is 0.493 e. The summed E-state index contributed by atoms with van der Waals surface area (Å²) in [6, 6.07) is 8.03. The first-order valence-electron chi connectivity index (χ1n) is 8.43. The van der Waals surface area contributed by atoms with E-state index in [0.29, 0.717) is 11.4 Å². The summed E-state index contributed by atoms with van der Waals surface area (Å²) in [6.45, 7) is -2.95. The highest BCUT2D eigenvalue weighted by molar-refractivity contribution is 7.12. The lowest BCUT2D eigenvalue weighted by Crippen LogP contribution is -2.34. The van der Waals surface area contributed by atoms with Crippen LogP contribution in [-0.4, -0.2) is 46.0 Å². The molecule has 0 bridgehead atoms. The third-order valence-electron chi connectivity index (χ3n) is 3.83. The minimum Gasteiger partial charge on any atom is -0.493 e. The lowest BCUT2D eigenvalue weighted by molar-refractivity contribution is -0.121. The fourth-order valence-corrected chi connectivity index (χ4v) is 3.17. The van der Waals surface area contributed by atoms with E-state index in [2.05, 4.69) is 20.5 Å². The first-order valence-corrected chi connectivity index (χ1v) is 9.31. The SMILES string of the molecule is COc1cc(CCNC(=O)Cn2nnn(-c3cccs3)c2=O)ccc1OC(F)F. The van der Waals surface area contributed by atoms with Gasteiger partial charge in [0.1, 0.15) is 11.5 Å². The van der Waals surface area contributed by atoms with Crippen LogP contribution in [0.1, 0.15) is 5.56 Å². The number of amides is 1. The molecule has 0 aliphatic rings. The molecular weight excluding hydrogens is 408 g/mol. The number of hydrogen-bond acceptors (Lipinski definition) is 7. The molecule has 3 aromatic rings. The molecule has 0 unspecified atom stereocenters. The number of carbonyl (C=O) groups excluding carboxylic acids is 1. The van der Waals surface area contributed by atoms with Crippen molar-refractivity contribution in [3.63, 3.8) is 0 Å². The van der Waals surface area contributed by atoms with E-state index in [1.807, 2.05) is 0 Å². The molecule has 0 aliphatic heterocycles. The minimum atomic E-state index is -2.95. The van der Waals surface area contributed by atoms with Crippen LogP contribution in [0, 0.1) is 0 Å². The quantitative estimate of drug-likeness (QED) is 0.557. The molecule has 2 heterocycles. The van der Waals surface area contributed by atoms with Crippen molar-refractivity contribution in [3.05, 3.63) is 51.8 Å². The van der Waals surface area contributed by atoms with Gasteiger partial charge < -0.3 is 14.8 Å². The summed E-state index contributed by atoms with van der Waals surface area (Å²) >= 11 is 1.33. The molecule has 3 rings (SSSR count). The van der Waals surface area contributed by atoms with E-state index in [0.717, 1.165) is 14.9 Å². The Morgan fingerprint density at radius 1 is 1.28 bits per heavy atom. The number of rotatable bonds is 9. The summed E-state index contributed by atoms with van der Waals surface area (Å²) in [7, 11) is 1.35.